The van der Waals surface area contributed by atoms with Gasteiger partial charge in [-0.05, 0) is 51.5 Å². The van der Waals surface area contributed by atoms with Gasteiger partial charge in [-0.25, -0.2) is 14.4 Å². The number of anilines is 3. The van der Waals surface area contributed by atoms with Crippen LogP contribution in [0.4, 0.5) is 21.7 Å². The molecule has 1 saturated carbocycles. The molecule has 2 aromatic rings. The largest absolute Gasteiger partial charge is 0.368 e. The van der Waals surface area contributed by atoms with Gasteiger partial charge in [0, 0.05) is 49.3 Å². The summed E-state index contributed by atoms with van der Waals surface area (Å²) < 4.78 is 14.8. The fraction of sp³-hybridized carbons (Fsp3) is 0.560. The third kappa shape index (κ3) is 5.87. The molecular weight excluding hydrogens is 451 g/mol. The minimum atomic E-state index is -0.388. The van der Waals surface area contributed by atoms with Crippen molar-refractivity contribution in [2.75, 3.05) is 57.5 Å². The highest BCUT2D eigenvalue weighted by Gasteiger charge is 2.39. The van der Waals surface area contributed by atoms with Crippen molar-refractivity contribution in [3.05, 3.63) is 35.9 Å². The summed E-state index contributed by atoms with van der Waals surface area (Å²) >= 11 is 1.61. The number of nitrogens with zero attached hydrogens (tertiary/aromatic N) is 4. The lowest BCUT2D eigenvalue weighted by atomic mass is 9.83. The molecule has 0 bridgehead atoms. The first-order valence-electron chi connectivity index (χ1n) is 12.1. The number of halogens is 1. The number of nitrogens with one attached hydrogen (secondary N) is 2. The van der Waals surface area contributed by atoms with Gasteiger partial charge >= 0.3 is 0 Å². The number of piperazine rings is 1. The van der Waals surface area contributed by atoms with E-state index in [1.807, 2.05) is 32.1 Å². The molecule has 5 rings (SSSR count). The first-order chi connectivity index (χ1) is 16.5. The Morgan fingerprint density at radius 1 is 1.15 bits per heavy atom. The molecule has 0 spiro atoms. The predicted molar refractivity (Wildman–Crippen MR) is 137 cm³/mol. The van der Waals surface area contributed by atoms with Crippen LogP contribution in [0.2, 0.25) is 0 Å². The maximum absolute atomic E-state index is 14.8. The molecule has 184 valence electrons. The van der Waals surface area contributed by atoms with E-state index in [2.05, 4.69) is 25.5 Å². The molecule has 4 heterocycles. The molecule has 34 heavy (non-hydrogen) atoms. The van der Waals surface area contributed by atoms with Crippen molar-refractivity contribution >= 4 is 35.4 Å². The lowest BCUT2D eigenvalue weighted by Crippen LogP contribution is -2.43. The lowest BCUT2D eigenvalue weighted by Gasteiger charge is -2.29. The number of hydrogen-bond donors (Lipinski definition) is 2. The number of aromatic nitrogens is 2. The highest BCUT2D eigenvalue weighted by atomic mass is 32.2. The molecular formula is C25H35FN6OS. The Morgan fingerprint density at radius 2 is 1.85 bits per heavy atom. The van der Waals surface area contributed by atoms with E-state index in [9.17, 15) is 9.18 Å². The quantitative estimate of drug-likeness (QED) is 0.617. The summed E-state index contributed by atoms with van der Waals surface area (Å²) in [6, 6.07) is 3.52. The maximum atomic E-state index is 14.8. The third-order valence-electron chi connectivity index (χ3n) is 6.47. The van der Waals surface area contributed by atoms with E-state index < -0.39 is 0 Å². The fourth-order valence-corrected chi connectivity index (χ4v) is 6.28. The average Bonchev–Trinajstić information content (AvgIpc) is 3.47. The van der Waals surface area contributed by atoms with Crippen LogP contribution >= 0.6 is 11.8 Å². The van der Waals surface area contributed by atoms with Gasteiger partial charge in [0.15, 0.2) is 11.6 Å². The molecule has 2 fully saturated rings. The van der Waals surface area contributed by atoms with E-state index in [-0.39, 0.29) is 22.8 Å². The van der Waals surface area contributed by atoms with Gasteiger partial charge in [-0.15, -0.1) is 11.8 Å². The number of carbonyl (C=O) groups excluding carboxylic acids is 1. The van der Waals surface area contributed by atoms with E-state index in [0.717, 1.165) is 43.0 Å². The monoisotopic (exact) mass is 486 g/mol. The average molecular weight is 487 g/mol. The molecule has 2 unspecified atom stereocenters. The standard InChI is InChI=1S/C22H26FN5OS.C3H9N/c23-17-9-15(28-7-5-24-6-8-28)11-26-22(17)27-20-10-16-18(12-25-20)30-19(13-29)21(16)14-3-1-2-4-14;1-4(2)3/h9-14,19,21,24H,1-8H2,(H,25,26,27);1-3H3. The van der Waals surface area contributed by atoms with Crippen LogP contribution in [0.3, 0.4) is 0 Å². The minimum Gasteiger partial charge on any atom is -0.368 e. The molecule has 0 aromatic carbocycles. The van der Waals surface area contributed by atoms with Crippen molar-refractivity contribution in [3.63, 3.8) is 0 Å². The summed E-state index contributed by atoms with van der Waals surface area (Å²) in [6.45, 7) is 3.47. The van der Waals surface area contributed by atoms with Crippen LogP contribution in [-0.2, 0) is 4.79 Å². The van der Waals surface area contributed by atoms with Gasteiger partial charge in [-0.3, -0.25) is 0 Å². The van der Waals surface area contributed by atoms with Crippen molar-refractivity contribution in [1.29, 1.82) is 0 Å². The van der Waals surface area contributed by atoms with Crippen molar-refractivity contribution in [2.45, 2.75) is 41.7 Å². The first kappa shape index (κ1) is 24.9. The number of aldehydes is 1. The topological polar surface area (TPSA) is 73.4 Å². The number of pyridine rings is 2. The second-order valence-electron chi connectivity index (χ2n) is 9.62. The smallest absolute Gasteiger partial charge is 0.167 e. The highest BCUT2D eigenvalue weighted by molar-refractivity contribution is 8.01. The van der Waals surface area contributed by atoms with Gasteiger partial charge in [0.2, 0.25) is 0 Å². The summed E-state index contributed by atoms with van der Waals surface area (Å²) in [5.74, 6) is 1.13. The van der Waals surface area contributed by atoms with Crippen LogP contribution in [0.1, 0.15) is 37.2 Å². The second kappa shape index (κ2) is 11.5. The van der Waals surface area contributed by atoms with Gasteiger partial charge < -0.3 is 25.2 Å². The number of rotatable bonds is 5. The molecule has 2 aromatic heterocycles. The number of fused-ring (bicyclic) bond motifs is 1. The first-order valence-corrected chi connectivity index (χ1v) is 12.9. The lowest BCUT2D eigenvalue weighted by molar-refractivity contribution is -0.107. The zero-order valence-corrected chi connectivity index (χ0v) is 21.1. The normalized spacial score (nSPS) is 22.3. The van der Waals surface area contributed by atoms with Gasteiger partial charge in [0.05, 0.1) is 17.1 Å². The molecule has 7 nitrogen and oxygen atoms in total. The van der Waals surface area contributed by atoms with E-state index in [1.54, 1.807) is 24.2 Å². The molecule has 1 aliphatic carbocycles. The summed E-state index contributed by atoms with van der Waals surface area (Å²) in [7, 11) is 6.00. The van der Waals surface area contributed by atoms with Crippen LogP contribution in [-0.4, -0.2) is 73.7 Å². The Bertz CT molecular complexity index is 975. The Kier molecular flexibility index (Phi) is 8.39. The zero-order chi connectivity index (χ0) is 24.1. The summed E-state index contributed by atoms with van der Waals surface area (Å²) in [5, 5.41) is 6.30. The van der Waals surface area contributed by atoms with Crippen LogP contribution in [0.15, 0.2) is 29.4 Å². The molecule has 0 amide bonds. The second-order valence-corrected chi connectivity index (χ2v) is 10.8. The van der Waals surface area contributed by atoms with Crippen LogP contribution < -0.4 is 15.5 Å². The SMILES string of the molecule is CN(C)C.O=CC1Sc2cnc(Nc3ncc(N4CCNCC4)cc3F)cc2C1C1CCCC1. The molecule has 2 atom stereocenters. The van der Waals surface area contributed by atoms with Crippen LogP contribution in [0.5, 0.6) is 0 Å². The van der Waals surface area contributed by atoms with Gasteiger partial charge in [-0.1, -0.05) is 12.8 Å². The van der Waals surface area contributed by atoms with Gasteiger partial charge in [0.25, 0.3) is 0 Å². The van der Waals surface area contributed by atoms with Crippen molar-refractivity contribution in [2.24, 2.45) is 5.92 Å². The van der Waals surface area contributed by atoms with Crippen molar-refractivity contribution < 1.29 is 9.18 Å². The van der Waals surface area contributed by atoms with E-state index >= 15 is 0 Å². The van der Waals surface area contributed by atoms with Gasteiger partial charge in [0.1, 0.15) is 12.1 Å². The van der Waals surface area contributed by atoms with Gasteiger partial charge in [-0.2, -0.15) is 0 Å². The van der Waals surface area contributed by atoms with Crippen LogP contribution in [0, 0.1) is 11.7 Å². The molecule has 1 saturated heterocycles. The van der Waals surface area contributed by atoms with Crippen LogP contribution in [0.25, 0.3) is 0 Å². The predicted octanol–water partition coefficient (Wildman–Crippen LogP) is 3.89. The molecule has 2 N–H and O–H groups in total. The molecule has 3 aliphatic rings. The fourth-order valence-electron chi connectivity index (χ4n) is 4.97. The Balaban J connectivity index is 0.000000636. The number of hydrogen-bond acceptors (Lipinski definition) is 8. The summed E-state index contributed by atoms with van der Waals surface area (Å²) in [6.07, 6.45) is 9.41. The third-order valence-corrected chi connectivity index (χ3v) is 7.74. The number of carbonyl (C=O) groups is 1. The Hall–Kier alpha value is -2.23. The van der Waals surface area contributed by atoms with E-state index in [4.69, 9.17) is 0 Å². The summed E-state index contributed by atoms with van der Waals surface area (Å²) in [5.41, 5.74) is 1.97. The highest BCUT2D eigenvalue weighted by Crippen LogP contribution is 2.52. The number of thioether (sulfide) groups is 1. The Morgan fingerprint density at radius 3 is 2.50 bits per heavy atom. The Labute approximate surface area is 205 Å². The molecule has 2 aliphatic heterocycles. The van der Waals surface area contributed by atoms with Crippen molar-refractivity contribution in [3.8, 4) is 0 Å². The molecule has 9 heteroatoms. The summed E-state index contributed by atoms with van der Waals surface area (Å²) in [4.78, 5) is 25.7. The van der Waals surface area contributed by atoms with E-state index in [1.165, 1.54) is 37.3 Å². The molecule has 0 radical (unpaired) electrons. The van der Waals surface area contributed by atoms with Crippen molar-refractivity contribution in [1.82, 2.24) is 20.2 Å². The minimum absolute atomic E-state index is 0.0478. The van der Waals surface area contributed by atoms with E-state index in [0.29, 0.717) is 11.7 Å². The maximum Gasteiger partial charge on any atom is 0.167 e. The zero-order valence-electron chi connectivity index (χ0n) is 20.3.